The van der Waals surface area contributed by atoms with Crippen molar-refractivity contribution in [3.63, 3.8) is 0 Å². The van der Waals surface area contributed by atoms with Crippen LogP contribution in [0.1, 0.15) is 23.6 Å². The lowest BCUT2D eigenvalue weighted by Gasteiger charge is -2.26. The molecule has 0 radical (unpaired) electrons. The largest absolute Gasteiger partial charge is 0.490 e. The average Bonchev–Trinajstić information content (AvgIpc) is 3.01. The summed E-state index contributed by atoms with van der Waals surface area (Å²) in [5, 5.41) is 3.11. The first kappa shape index (κ1) is 31.1. The van der Waals surface area contributed by atoms with Crippen molar-refractivity contribution < 1.29 is 28.6 Å². The lowest BCUT2D eigenvalue weighted by Crippen LogP contribution is -2.54. The van der Waals surface area contributed by atoms with Crippen LogP contribution < -0.4 is 24.4 Å². The number of hydrogen-bond donors (Lipinski definition) is 1. The Morgan fingerprint density at radius 2 is 1.48 bits per heavy atom. The van der Waals surface area contributed by atoms with Crippen molar-refractivity contribution in [3.05, 3.63) is 122 Å². The SMILES string of the molecule is CCOc1cc(/C=C2\C(=O)NC(=O)N(c3ccc(OCc4ccc(Br)cc4)cc3)C2=O)ccc1OCc1ccc(Cl)c(Cl)c1. The second kappa shape index (κ2) is 14.0. The smallest absolute Gasteiger partial charge is 0.335 e. The Balaban J connectivity index is 1.32. The molecule has 1 saturated heterocycles. The minimum atomic E-state index is -0.846. The Morgan fingerprint density at radius 3 is 2.18 bits per heavy atom. The van der Waals surface area contributed by atoms with Crippen LogP contribution in [-0.2, 0) is 22.8 Å². The number of barbiturate groups is 1. The van der Waals surface area contributed by atoms with Gasteiger partial charge in [0, 0.05) is 4.47 Å². The van der Waals surface area contributed by atoms with Gasteiger partial charge in [-0.3, -0.25) is 14.9 Å². The maximum absolute atomic E-state index is 13.4. The van der Waals surface area contributed by atoms with Gasteiger partial charge in [-0.1, -0.05) is 63.4 Å². The van der Waals surface area contributed by atoms with E-state index in [4.69, 9.17) is 37.4 Å². The zero-order chi connectivity index (χ0) is 31.2. The van der Waals surface area contributed by atoms with E-state index < -0.39 is 17.8 Å². The topological polar surface area (TPSA) is 94.2 Å². The number of benzene rings is 4. The number of ether oxygens (including phenoxy) is 3. The third kappa shape index (κ3) is 7.42. The van der Waals surface area contributed by atoms with Gasteiger partial charge in [-0.2, -0.15) is 0 Å². The van der Waals surface area contributed by atoms with Gasteiger partial charge in [0.15, 0.2) is 11.5 Å². The number of urea groups is 1. The molecule has 44 heavy (non-hydrogen) atoms. The fourth-order valence-corrected chi connectivity index (χ4v) is 4.87. The first-order chi connectivity index (χ1) is 21.2. The van der Waals surface area contributed by atoms with E-state index in [-0.39, 0.29) is 17.9 Å². The van der Waals surface area contributed by atoms with Crippen molar-refractivity contribution >= 4 is 68.7 Å². The minimum absolute atomic E-state index is 0.212. The van der Waals surface area contributed by atoms with Crippen LogP contribution in [0.2, 0.25) is 10.0 Å². The molecule has 8 nitrogen and oxygen atoms in total. The third-order valence-corrected chi connectivity index (χ3v) is 7.74. The number of rotatable bonds is 10. The molecular weight excluding hydrogens is 671 g/mol. The van der Waals surface area contributed by atoms with E-state index in [0.717, 1.165) is 20.5 Å². The molecule has 0 unspecified atom stereocenters. The van der Waals surface area contributed by atoms with Crippen LogP contribution in [0.4, 0.5) is 10.5 Å². The fraction of sp³-hybridized carbons (Fsp3) is 0.121. The fourth-order valence-electron chi connectivity index (χ4n) is 4.29. The molecule has 0 atom stereocenters. The van der Waals surface area contributed by atoms with Gasteiger partial charge >= 0.3 is 6.03 Å². The summed E-state index contributed by atoms with van der Waals surface area (Å²) in [5.41, 5.74) is 2.36. The molecule has 0 bridgehead atoms. The second-order valence-corrected chi connectivity index (χ2v) is 11.3. The lowest BCUT2D eigenvalue weighted by molar-refractivity contribution is -0.122. The van der Waals surface area contributed by atoms with Crippen molar-refractivity contribution in [1.29, 1.82) is 0 Å². The van der Waals surface area contributed by atoms with Crippen LogP contribution in [0.15, 0.2) is 95.0 Å². The molecule has 1 fully saturated rings. The molecule has 224 valence electrons. The molecule has 4 amide bonds. The van der Waals surface area contributed by atoms with Crippen LogP contribution in [0, 0.1) is 0 Å². The van der Waals surface area contributed by atoms with Crippen molar-refractivity contribution in [3.8, 4) is 17.2 Å². The van der Waals surface area contributed by atoms with Crippen molar-refractivity contribution in [2.24, 2.45) is 0 Å². The predicted octanol–water partition coefficient (Wildman–Crippen LogP) is 7.98. The molecule has 0 aromatic heterocycles. The maximum atomic E-state index is 13.4. The van der Waals surface area contributed by atoms with E-state index in [1.54, 1.807) is 60.7 Å². The summed E-state index contributed by atoms with van der Waals surface area (Å²) in [4.78, 5) is 39.8. The first-order valence-electron chi connectivity index (χ1n) is 13.4. The van der Waals surface area contributed by atoms with Gasteiger partial charge in [0.2, 0.25) is 0 Å². The highest BCUT2D eigenvalue weighted by Crippen LogP contribution is 2.32. The van der Waals surface area contributed by atoms with Crippen molar-refractivity contribution in [2.75, 3.05) is 11.5 Å². The van der Waals surface area contributed by atoms with E-state index in [9.17, 15) is 14.4 Å². The first-order valence-corrected chi connectivity index (χ1v) is 15.0. The summed E-state index contributed by atoms with van der Waals surface area (Å²) in [6.07, 6.45) is 1.40. The number of imide groups is 2. The number of halogens is 3. The second-order valence-electron chi connectivity index (χ2n) is 9.54. The van der Waals surface area contributed by atoms with Crippen LogP contribution >= 0.6 is 39.1 Å². The molecule has 4 aromatic rings. The van der Waals surface area contributed by atoms with E-state index in [2.05, 4.69) is 21.2 Å². The molecule has 0 saturated carbocycles. The molecule has 0 spiro atoms. The Hall–Kier alpha value is -4.31. The minimum Gasteiger partial charge on any atom is -0.490 e. The maximum Gasteiger partial charge on any atom is 0.335 e. The van der Waals surface area contributed by atoms with Crippen LogP contribution in [0.25, 0.3) is 6.08 Å². The highest BCUT2D eigenvalue weighted by atomic mass is 79.9. The molecule has 1 aliphatic heterocycles. The summed E-state index contributed by atoms with van der Waals surface area (Å²) in [6.45, 7) is 2.74. The number of hydrogen-bond acceptors (Lipinski definition) is 6. The van der Waals surface area contributed by atoms with Crippen LogP contribution in [0.5, 0.6) is 17.2 Å². The number of anilines is 1. The third-order valence-electron chi connectivity index (χ3n) is 6.47. The number of carbonyl (C=O) groups excluding carboxylic acids is 3. The van der Waals surface area contributed by atoms with Gasteiger partial charge in [0.1, 0.15) is 24.5 Å². The summed E-state index contributed by atoms with van der Waals surface area (Å²) >= 11 is 15.5. The van der Waals surface area contributed by atoms with Crippen molar-refractivity contribution in [1.82, 2.24) is 5.32 Å². The molecular formula is C33H25BrCl2N2O6. The average molecular weight is 696 g/mol. The highest BCUT2D eigenvalue weighted by molar-refractivity contribution is 9.10. The predicted molar refractivity (Wildman–Crippen MR) is 172 cm³/mol. The van der Waals surface area contributed by atoms with E-state index in [1.807, 2.05) is 31.2 Å². The normalized spacial score (nSPS) is 14.0. The Kier molecular flexibility index (Phi) is 9.89. The summed E-state index contributed by atoms with van der Waals surface area (Å²) in [6, 6.07) is 23.6. The van der Waals surface area contributed by atoms with E-state index >= 15 is 0 Å². The molecule has 1 heterocycles. The van der Waals surface area contributed by atoms with Gasteiger partial charge in [0.05, 0.1) is 22.3 Å². The standard InChI is InChI=1S/C33H25BrCl2N2O6/c1-2-42-30-17-21(6-14-29(30)44-19-22-5-13-27(35)28(36)16-22)15-26-31(39)37-33(41)38(32(26)40)24-9-11-25(12-10-24)43-18-20-3-7-23(34)8-4-20/h3-17H,2,18-19H2,1H3,(H,37,39,41)/b26-15+. The molecule has 4 aromatic carbocycles. The van der Waals surface area contributed by atoms with Gasteiger partial charge < -0.3 is 14.2 Å². The Bertz CT molecular complexity index is 1740. The summed E-state index contributed by atoms with van der Waals surface area (Å²) in [5.74, 6) is -0.141. The van der Waals surface area contributed by atoms with E-state index in [1.165, 1.54) is 6.08 Å². The zero-order valence-electron chi connectivity index (χ0n) is 23.3. The summed E-state index contributed by atoms with van der Waals surface area (Å²) < 4.78 is 18.5. The Morgan fingerprint density at radius 1 is 0.773 bits per heavy atom. The molecule has 5 rings (SSSR count). The molecule has 1 N–H and O–H groups in total. The zero-order valence-corrected chi connectivity index (χ0v) is 26.4. The number of nitrogens with zero attached hydrogens (tertiary/aromatic N) is 1. The van der Waals surface area contributed by atoms with Crippen LogP contribution in [-0.4, -0.2) is 24.5 Å². The van der Waals surface area contributed by atoms with Gasteiger partial charge in [-0.25, -0.2) is 9.69 Å². The number of amides is 4. The molecule has 11 heteroatoms. The summed E-state index contributed by atoms with van der Waals surface area (Å²) in [7, 11) is 0. The number of carbonyl (C=O) groups is 3. The van der Waals surface area contributed by atoms with Crippen LogP contribution in [0.3, 0.4) is 0 Å². The Labute approximate surface area is 272 Å². The van der Waals surface area contributed by atoms with Gasteiger partial charge in [0.25, 0.3) is 11.8 Å². The monoisotopic (exact) mass is 694 g/mol. The van der Waals surface area contributed by atoms with Crippen molar-refractivity contribution in [2.45, 2.75) is 20.1 Å². The lowest BCUT2D eigenvalue weighted by atomic mass is 10.1. The highest BCUT2D eigenvalue weighted by Gasteiger charge is 2.36. The van der Waals surface area contributed by atoms with E-state index in [0.29, 0.717) is 46.1 Å². The van der Waals surface area contributed by atoms with Gasteiger partial charge in [-0.15, -0.1) is 0 Å². The number of nitrogens with one attached hydrogen (secondary N) is 1. The quantitative estimate of drug-likeness (QED) is 0.134. The van der Waals surface area contributed by atoms with Gasteiger partial charge in [-0.05, 0) is 90.4 Å². The molecule has 1 aliphatic rings. The molecule has 0 aliphatic carbocycles.